The normalized spacial score (nSPS) is 19.3. The average Bonchev–Trinajstić information content (AvgIpc) is 2.46. The van der Waals surface area contributed by atoms with Crippen LogP contribution in [0.3, 0.4) is 0 Å². The molecule has 2 N–H and O–H groups in total. The van der Waals surface area contributed by atoms with Crippen molar-refractivity contribution in [2.24, 2.45) is 5.41 Å². The SMILES string of the molecule is CC(O)CC(C)(C)CNC1CCN(Cc2cccnc2)CC1. The summed E-state index contributed by atoms with van der Waals surface area (Å²) in [5.41, 5.74) is 1.45. The molecule has 124 valence electrons. The Kier molecular flexibility index (Phi) is 6.36. The molecule has 0 spiro atoms. The summed E-state index contributed by atoms with van der Waals surface area (Å²) in [4.78, 5) is 6.70. The predicted molar refractivity (Wildman–Crippen MR) is 90.6 cm³/mol. The first-order valence-corrected chi connectivity index (χ1v) is 8.47. The van der Waals surface area contributed by atoms with Gasteiger partial charge in [0.2, 0.25) is 0 Å². The number of aliphatic hydroxyl groups excluding tert-OH is 1. The van der Waals surface area contributed by atoms with Crippen molar-refractivity contribution in [2.45, 2.75) is 58.7 Å². The minimum absolute atomic E-state index is 0.154. The lowest BCUT2D eigenvalue weighted by Crippen LogP contribution is -2.45. The van der Waals surface area contributed by atoms with Gasteiger partial charge in [-0.2, -0.15) is 0 Å². The van der Waals surface area contributed by atoms with E-state index in [0.717, 1.165) is 32.6 Å². The van der Waals surface area contributed by atoms with Crippen LogP contribution in [0.2, 0.25) is 0 Å². The second-order valence-electron chi connectivity index (χ2n) is 7.51. The van der Waals surface area contributed by atoms with Crippen LogP contribution in [0.4, 0.5) is 0 Å². The summed E-state index contributed by atoms with van der Waals surface area (Å²) < 4.78 is 0. The standard InChI is InChI=1S/C18H31N3O/c1-15(22)11-18(2,3)14-20-17-6-9-21(10-7-17)13-16-5-4-8-19-12-16/h4-5,8,12,15,17,20,22H,6-7,9-11,13-14H2,1-3H3. The average molecular weight is 305 g/mol. The largest absolute Gasteiger partial charge is 0.393 e. The van der Waals surface area contributed by atoms with Gasteiger partial charge in [-0.05, 0) is 56.3 Å². The van der Waals surface area contributed by atoms with E-state index < -0.39 is 0 Å². The molecule has 0 bridgehead atoms. The van der Waals surface area contributed by atoms with Crippen LogP contribution in [0.1, 0.15) is 45.6 Å². The highest BCUT2D eigenvalue weighted by atomic mass is 16.3. The maximum atomic E-state index is 9.56. The molecule has 1 saturated heterocycles. The molecule has 4 nitrogen and oxygen atoms in total. The first-order chi connectivity index (χ1) is 10.4. The van der Waals surface area contributed by atoms with Gasteiger partial charge in [0, 0.05) is 31.5 Å². The molecular weight excluding hydrogens is 274 g/mol. The number of aromatic nitrogens is 1. The highest BCUT2D eigenvalue weighted by molar-refractivity contribution is 5.08. The van der Waals surface area contributed by atoms with Crippen LogP contribution >= 0.6 is 0 Å². The summed E-state index contributed by atoms with van der Waals surface area (Å²) in [5, 5.41) is 13.3. The van der Waals surface area contributed by atoms with E-state index in [-0.39, 0.29) is 11.5 Å². The molecule has 2 rings (SSSR count). The highest BCUT2D eigenvalue weighted by Crippen LogP contribution is 2.22. The van der Waals surface area contributed by atoms with Crippen molar-refractivity contribution in [1.82, 2.24) is 15.2 Å². The topological polar surface area (TPSA) is 48.4 Å². The van der Waals surface area contributed by atoms with Gasteiger partial charge in [0.1, 0.15) is 0 Å². The van der Waals surface area contributed by atoms with Crippen LogP contribution in [0.5, 0.6) is 0 Å². The number of aliphatic hydroxyl groups is 1. The Labute approximate surface area is 134 Å². The fourth-order valence-electron chi connectivity index (χ4n) is 3.34. The van der Waals surface area contributed by atoms with Gasteiger partial charge < -0.3 is 10.4 Å². The highest BCUT2D eigenvalue weighted by Gasteiger charge is 2.24. The number of piperidine rings is 1. The monoisotopic (exact) mass is 305 g/mol. The Morgan fingerprint density at radius 3 is 2.73 bits per heavy atom. The third-order valence-electron chi connectivity index (χ3n) is 4.43. The van der Waals surface area contributed by atoms with Crippen molar-refractivity contribution in [2.75, 3.05) is 19.6 Å². The quantitative estimate of drug-likeness (QED) is 0.812. The summed E-state index contributed by atoms with van der Waals surface area (Å²) in [5.74, 6) is 0. The molecule has 1 fully saturated rings. The maximum Gasteiger partial charge on any atom is 0.0517 e. The molecule has 0 radical (unpaired) electrons. The lowest BCUT2D eigenvalue weighted by atomic mass is 9.86. The Hall–Kier alpha value is -0.970. The number of pyridine rings is 1. The van der Waals surface area contributed by atoms with E-state index in [4.69, 9.17) is 0 Å². The van der Waals surface area contributed by atoms with E-state index in [0.29, 0.717) is 6.04 Å². The van der Waals surface area contributed by atoms with Crippen LogP contribution < -0.4 is 5.32 Å². The number of likely N-dealkylation sites (tertiary alicyclic amines) is 1. The van der Waals surface area contributed by atoms with Crippen molar-refractivity contribution in [3.63, 3.8) is 0 Å². The first kappa shape index (κ1) is 17.4. The summed E-state index contributed by atoms with van der Waals surface area (Å²) >= 11 is 0. The third kappa shape index (κ3) is 6.03. The number of hydrogen-bond donors (Lipinski definition) is 2. The molecule has 4 heteroatoms. The van der Waals surface area contributed by atoms with E-state index in [9.17, 15) is 5.11 Å². The smallest absolute Gasteiger partial charge is 0.0517 e. The zero-order valence-electron chi connectivity index (χ0n) is 14.3. The van der Waals surface area contributed by atoms with E-state index >= 15 is 0 Å². The lowest BCUT2D eigenvalue weighted by molar-refractivity contribution is 0.121. The third-order valence-corrected chi connectivity index (χ3v) is 4.43. The van der Waals surface area contributed by atoms with Crippen molar-refractivity contribution < 1.29 is 5.11 Å². The second kappa shape index (κ2) is 8.04. The number of nitrogens with one attached hydrogen (secondary N) is 1. The molecule has 2 heterocycles. The zero-order chi connectivity index (χ0) is 16.0. The Morgan fingerprint density at radius 1 is 1.41 bits per heavy atom. The number of nitrogens with zero attached hydrogens (tertiary/aromatic N) is 2. The fourth-order valence-corrected chi connectivity index (χ4v) is 3.34. The number of rotatable bonds is 7. The molecule has 0 amide bonds. The molecule has 1 atom stereocenters. The van der Waals surface area contributed by atoms with E-state index in [1.807, 2.05) is 25.4 Å². The minimum atomic E-state index is -0.224. The Balaban J connectivity index is 1.69. The van der Waals surface area contributed by atoms with Gasteiger partial charge in [-0.3, -0.25) is 9.88 Å². The lowest BCUT2D eigenvalue weighted by Gasteiger charge is -2.35. The van der Waals surface area contributed by atoms with Gasteiger partial charge in [-0.1, -0.05) is 19.9 Å². The Bertz CT molecular complexity index is 425. The predicted octanol–water partition coefficient (Wildman–Crippen LogP) is 2.43. The first-order valence-electron chi connectivity index (χ1n) is 8.47. The molecule has 0 saturated carbocycles. The molecule has 1 aliphatic rings. The van der Waals surface area contributed by atoms with Gasteiger partial charge in [-0.15, -0.1) is 0 Å². The molecule has 1 unspecified atom stereocenters. The van der Waals surface area contributed by atoms with Crippen molar-refractivity contribution >= 4 is 0 Å². The summed E-state index contributed by atoms with van der Waals surface area (Å²) in [7, 11) is 0. The van der Waals surface area contributed by atoms with Gasteiger partial charge in [0.05, 0.1) is 6.10 Å². The molecule has 0 aliphatic carbocycles. The fraction of sp³-hybridized carbons (Fsp3) is 0.722. The van der Waals surface area contributed by atoms with Crippen LogP contribution in [0.15, 0.2) is 24.5 Å². The Morgan fingerprint density at radius 2 is 2.14 bits per heavy atom. The molecule has 1 aromatic rings. The summed E-state index contributed by atoms with van der Waals surface area (Å²) in [6, 6.07) is 4.77. The van der Waals surface area contributed by atoms with E-state index in [1.54, 1.807) is 0 Å². The second-order valence-corrected chi connectivity index (χ2v) is 7.51. The van der Waals surface area contributed by atoms with Crippen molar-refractivity contribution in [1.29, 1.82) is 0 Å². The van der Waals surface area contributed by atoms with E-state index in [1.165, 1.54) is 18.4 Å². The van der Waals surface area contributed by atoms with Gasteiger partial charge in [0.25, 0.3) is 0 Å². The maximum absolute atomic E-state index is 9.56. The molecule has 1 aromatic heterocycles. The van der Waals surface area contributed by atoms with Gasteiger partial charge in [-0.25, -0.2) is 0 Å². The summed E-state index contributed by atoms with van der Waals surface area (Å²) in [6.07, 6.45) is 6.81. The zero-order valence-corrected chi connectivity index (χ0v) is 14.3. The van der Waals surface area contributed by atoms with Crippen LogP contribution in [0, 0.1) is 5.41 Å². The van der Waals surface area contributed by atoms with Crippen LogP contribution in [-0.2, 0) is 6.54 Å². The minimum Gasteiger partial charge on any atom is -0.393 e. The van der Waals surface area contributed by atoms with E-state index in [2.05, 4.69) is 35.1 Å². The van der Waals surface area contributed by atoms with Gasteiger partial charge >= 0.3 is 0 Å². The number of hydrogen-bond acceptors (Lipinski definition) is 4. The van der Waals surface area contributed by atoms with Crippen LogP contribution in [0.25, 0.3) is 0 Å². The molecular formula is C18H31N3O. The summed E-state index contributed by atoms with van der Waals surface area (Å²) in [6.45, 7) is 10.6. The molecule has 22 heavy (non-hydrogen) atoms. The van der Waals surface area contributed by atoms with Crippen molar-refractivity contribution in [3.05, 3.63) is 30.1 Å². The molecule has 1 aliphatic heterocycles. The van der Waals surface area contributed by atoms with Crippen molar-refractivity contribution in [3.8, 4) is 0 Å². The molecule has 0 aromatic carbocycles. The van der Waals surface area contributed by atoms with Crippen LogP contribution in [-0.4, -0.2) is 46.8 Å². The van der Waals surface area contributed by atoms with Gasteiger partial charge in [0.15, 0.2) is 0 Å².